The van der Waals surface area contributed by atoms with Gasteiger partial charge in [-0.1, -0.05) is 12.1 Å². The maximum atomic E-state index is 12.4. The highest BCUT2D eigenvalue weighted by Crippen LogP contribution is 2.27. The predicted molar refractivity (Wildman–Crippen MR) is 93.0 cm³/mol. The van der Waals surface area contributed by atoms with Gasteiger partial charge in [-0.2, -0.15) is 0 Å². The van der Waals surface area contributed by atoms with Crippen LogP contribution in [-0.4, -0.2) is 34.1 Å². The van der Waals surface area contributed by atoms with E-state index in [1.807, 2.05) is 19.9 Å². The highest BCUT2D eigenvalue weighted by Gasteiger charge is 2.37. The van der Waals surface area contributed by atoms with E-state index in [-0.39, 0.29) is 16.8 Å². The molecule has 2 aromatic rings. The summed E-state index contributed by atoms with van der Waals surface area (Å²) < 4.78 is 0. The third-order valence-corrected chi connectivity index (χ3v) is 4.35. The second kappa shape index (κ2) is 6.40. The predicted octanol–water partition coefficient (Wildman–Crippen LogP) is 2.45. The molecular weight excluding hydrogens is 338 g/mol. The first-order valence-electron chi connectivity index (χ1n) is 7.80. The highest BCUT2D eigenvalue weighted by atomic mass is 16.6. The lowest BCUT2D eigenvalue weighted by Crippen LogP contribution is -2.37. The lowest BCUT2D eigenvalue weighted by Gasteiger charge is -2.15. The summed E-state index contributed by atoms with van der Waals surface area (Å²) in [6, 6.07) is 8.87. The molecule has 3 rings (SSSR count). The van der Waals surface area contributed by atoms with Crippen LogP contribution in [0.4, 0.5) is 11.4 Å². The minimum atomic E-state index is -0.718. The molecule has 0 saturated heterocycles. The minimum absolute atomic E-state index is 0.0557. The lowest BCUT2D eigenvalue weighted by molar-refractivity contribution is -0.384. The lowest BCUT2D eigenvalue weighted by atomic mass is 10.1. The summed E-state index contributed by atoms with van der Waals surface area (Å²) in [5.41, 5.74) is 2.19. The van der Waals surface area contributed by atoms with Crippen LogP contribution in [0.1, 0.15) is 31.8 Å². The van der Waals surface area contributed by atoms with Crippen LogP contribution < -0.4 is 5.32 Å². The first-order chi connectivity index (χ1) is 12.3. The van der Waals surface area contributed by atoms with Gasteiger partial charge in [0.2, 0.25) is 5.91 Å². The van der Waals surface area contributed by atoms with Gasteiger partial charge in [0.1, 0.15) is 6.54 Å². The second-order valence-corrected chi connectivity index (χ2v) is 5.98. The van der Waals surface area contributed by atoms with Crippen molar-refractivity contribution in [3.8, 4) is 0 Å². The fourth-order valence-corrected chi connectivity index (χ4v) is 2.76. The van der Waals surface area contributed by atoms with Gasteiger partial charge in [0.25, 0.3) is 17.5 Å². The molecule has 0 fully saturated rings. The first kappa shape index (κ1) is 17.3. The summed E-state index contributed by atoms with van der Waals surface area (Å²) in [5, 5.41) is 13.5. The van der Waals surface area contributed by atoms with Crippen LogP contribution in [0.5, 0.6) is 0 Å². The first-order valence-corrected chi connectivity index (χ1v) is 7.80. The maximum Gasteiger partial charge on any atom is 0.270 e. The van der Waals surface area contributed by atoms with E-state index in [1.54, 1.807) is 12.1 Å². The standard InChI is InChI=1S/C18H15N3O5/c1-10-4-3-5-15(11(10)2)19-16(22)9-20-17(23)13-7-6-12(21(25)26)8-14(13)18(20)24/h3-8H,9H2,1-2H3,(H,19,22). The van der Waals surface area contributed by atoms with Crippen molar-refractivity contribution < 1.29 is 19.3 Å². The van der Waals surface area contributed by atoms with Crippen molar-refractivity contribution >= 4 is 29.1 Å². The Morgan fingerprint density at radius 1 is 1.12 bits per heavy atom. The molecule has 0 atom stereocenters. The average Bonchev–Trinajstić information content (AvgIpc) is 2.83. The van der Waals surface area contributed by atoms with Crippen LogP contribution in [0.25, 0.3) is 0 Å². The number of nitro benzene ring substituents is 1. The fraction of sp³-hybridized carbons (Fsp3) is 0.167. The zero-order valence-electron chi connectivity index (χ0n) is 14.1. The number of nitrogens with one attached hydrogen (secondary N) is 1. The zero-order chi connectivity index (χ0) is 19.0. The number of rotatable bonds is 4. The maximum absolute atomic E-state index is 12.4. The number of aryl methyl sites for hydroxylation is 1. The smallest absolute Gasteiger partial charge is 0.270 e. The number of non-ortho nitro benzene ring substituents is 1. The van der Waals surface area contributed by atoms with Crippen LogP contribution in [0.2, 0.25) is 0 Å². The summed E-state index contributed by atoms with van der Waals surface area (Å²) in [4.78, 5) is 48.0. The third kappa shape index (κ3) is 2.92. The Hall–Kier alpha value is -3.55. The van der Waals surface area contributed by atoms with Crippen molar-refractivity contribution in [2.75, 3.05) is 11.9 Å². The third-order valence-electron chi connectivity index (χ3n) is 4.35. The van der Waals surface area contributed by atoms with Gasteiger partial charge in [0.05, 0.1) is 16.1 Å². The van der Waals surface area contributed by atoms with E-state index in [4.69, 9.17) is 0 Å². The van der Waals surface area contributed by atoms with E-state index < -0.39 is 29.2 Å². The number of fused-ring (bicyclic) bond motifs is 1. The number of hydrogen-bond acceptors (Lipinski definition) is 5. The van der Waals surface area contributed by atoms with Gasteiger partial charge >= 0.3 is 0 Å². The molecule has 2 aromatic carbocycles. The van der Waals surface area contributed by atoms with Crippen LogP contribution in [0, 0.1) is 24.0 Å². The van der Waals surface area contributed by atoms with Gasteiger partial charge in [-0.05, 0) is 37.1 Å². The SMILES string of the molecule is Cc1cccc(NC(=O)CN2C(=O)c3ccc([N+](=O)[O-])cc3C2=O)c1C. The summed E-state index contributed by atoms with van der Waals surface area (Å²) in [5.74, 6) is -1.89. The highest BCUT2D eigenvalue weighted by molar-refractivity contribution is 6.23. The quantitative estimate of drug-likeness (QED) is 0.516. The summed E-state index contributed by atoms with van der Waals surface area (Å²) in [6.07, 6.45) is 0. The molecule has 8 nitrogen and oxygen atoms in total. The van der Waals surface area contributed by atoms with Crippen molar-refractivity contribution in [1.82, 2.24) is 4.90 Å². The number of carbonyl (C=O) groups is 3. The summed E-state index contributed by atoms with van der Waals surface area (Å²) in [7, 11) is 0. The number of amides is 3. The monoisotopic (exact) mass is 353 g/mol. The van der Waals surface area contributed by atoms with Crippen molar-refractivity contribution in [3.63, 3.8) is 0 Å². The molecule has 0 saturated carbocycles. The number of hydrogen-bond donors (Lipinski definition) is 1. The van der Waals surface area contributed by atoms with Gasteiger partial charge < -0.3 is 5.32 Å². The number of nitro groups is 1. The van der Waals surface area contributed by atoms with Crippen molar-refractivity contribution in [2.45, 2.75) is 13.8 Å². The molecule has 1 aliphatic rings. The normalized spacial score (nSPS) is 12.9. The molecule has 1 N–H and O–H groups in total. The number of nitrogens with zero attached hydrogens (tertiary/aromatic N) is 2. The van der Waals surface area contributed by atoms with E-state index >= 15 is 0 Å². The molecule has 8 heteroatoms. The molecule has 0 radical (unpaired) electrons. The number of imide groups is 1. The minimum Gasteiger partial charge on any atom is -0.324 e. The molecule has 0 bridgehead atoms. The second-order valence-electron chi connectivity index (χ2n) is 5.98. The Labute approximate surface area is 148 Å². The molecule has 1 heterocycles. The Kier molecular flexibility index (Phi) is 4.25. The Morgan fingerprint density at radius 2 is 1.81 bits per heavy atom. The van der Waals surface area contributed by atoms with E-state index in [2.05, 4.69) is 5.32 Å². The summed E-state index contributed by atoms with van der Waals surface area (Å²) in [6.45, 7) is 3.29. The van der Waals surface area contributed by atoms with Crippen LogP contribution in [-0.2, 0) is 4.79 Å². The van der Waals surface area contributed by atoms with E-state index in [9.17, 15) is 24.5 Å². The molecule has 0 aliphatic carbocycles. The van der Waals surface area contributed by atoms with Crippen molar-refractivity contribution in [2.24, 2.45) is 0 Å². The van der Waals surface area contributed by atoms with E-state index in [0.717, 1.165) is 28.2 Å². The molecule has 0 spiro atoms. The van der Waals surface area contributed by atoms with Crippen LogP contribution in [0.15, 0.2) is 36.4 Å². The Morgan fingerprint density at radius 3 is 2.50 bits per heavy atom. The zero-order valence-corrected chi connectivity index (χ0v) is 14.1. The molecule has 0 aromatic heterocycles. The molecule has 0 unspecified atom stereocenters. The molecule has 1 aliphatic heterocycles. The number of benzene rings is 2. The largest absolute Gasteiger partial charge is 0.324 e. The number of carbonyl (C=O) groups excluding carboxylic acids is 3. The van der Waals surface area contributed by atoms with Crippen molar-refractivity contribution in [1.29, 1.82) is 0 Å². The molecule has 26 heavy (non-hydrogen) atoms. The van der Waals surface area contributed by atoms with Crippen LogP contribution >= 0.6 is 0 Å². The molecule has 132 valence electrons. The topological polar surface area (TPSA) is 110 Å². The molecule has 3 amide bonds. The van der Waals surface area contributed by atoms with E-state index in [1.165, 1.54) is 6.07 Å². The van der Waals surface area contributed by atoms with Gasteiger partial charge in [-0.15, -0.1) is 0 Å². The van der Waals surface area contributed by atoms with Gasteiger partial charge in [0, 0.05) is 17.8 Å². The van der Waals surface area contributed by atoms with Crippen LogP contribution in [0.3, 0.4) is 0 Å². The average molecular weight is 353 g/mol. The molecular formula is C18H15N3O5. The van der Waals surface area contributed by atoms with Gasteiger partial charge in [-0.3, -0.25) is 29.4 Å². The summed E-state index contributed by atoms with van der Waals surface area (Å²) >= 11 is 0. The Balaban J connectivity index is 1.79. The van der Waals surface area contributed by atoms with Gasteiger partial charge in [-0.25, -0.2) is 0 Å². The van der Waals surface area contributed by atoms with E-state index in [0.29, 0.717) is 5.69 Å². The fourth-order valence-electron chi connectivity index (χ4n) is 2.76. The number of anilines is 1. The Bertz CT molecular complexity index is 967. The van der Waals surface area contributed by atoms with Crippen molar-refractivity contribution in [3.05, 3.63) is 68.8 Å². The van der Waals surface area contributed by atoms with Gasteiger partial charge in [0.15, 0.2) is 0 Å².